The zero-order valence-corrected chi connectivity index (χ0v) is 19.9. The van der Waals surface area contributed by atoms with Crippen molar-refractivity contribution in [2.75, 3.05) is 52.2 Å². The quantitative estimate of drug-likeness (QED) is 0.650. The Kier molecular flexibility index (Phi) is 8.69. The van der Waals surface area contributed by atoms with Crippen LogP contribution in [0.1, 0.15) is 33.6 Å². The summed E-state index contributed by atoms with van der Waals surface area (Å²) in [6, 6.07) is 4.63. The van der Waals surface area contributed by atoms with E-state index in [1.165, 1.54) is 20.2 Å². The Labute approximate surface area is 185 Å². The van der Waals surface area contributed by atoms with Gasteiger partial charge in [0.15, 0.2) is 0 Å². The van der Waals surface area contributed by atoms with Gasteiger partial charge >= 0.3 is 6.03 Å². The number of nitrogens with zero attached hydrogens (tertiary/aromatic N) is 3. The lowest BCUT2D eigenvalue weighted by Gasteiger charge is -2.34. The molecule has 0 unspecified atom stereocenters. The number of carbonyl (C=O) groups excluding carboxylic acids is 2. The molecule has 3 amide bonds. The summed E-state index contributed by atoms with van der Waals surface area (Å²) in [5.74, 6) is -0.161. The van der Waals surface area contributed by atoms with Crippen LogP contribution in [0.25, 0.3) is 0 Å². The highest BCUT2D eigenvalue weighted by Crippen LogP contribution is 2.30. The number of hydrogen-bond acceptors (Lipinski definition) is 5. The van der Waals surface area contributed by atoms with Gasteiger partial charge in [-0.2, -0.15) is 0 Å². The number of likely N-dealkylation sites (tertiary alicyclic amines) is 1. The van der Waals surface area contributed by atoms with Crippen LogP contribution >= 0.6 is 0 Å². The molecule has 0 saturated carbocycles. The third-order valence-corrected chi connectivity index (χ3v) is 7.28. The van der Waals surface area contributed by atoms with E-state index in [2.05, 4.69) is 5.32 Å². The van der Waals surface area contributed by atoms with Crippen LogP contribution < -0.4 is 10.1 Å². The van der Waals surface area contributed by atoms with E-state index in [4.69, 9.17) is 4.74 Å². The lowest BCUT2D eigenvalue weighted by Crippen LogP contribution is -2.47. The Morgan fingerprint density at radius 1 is 1.13 bits per heavy atom. The lowest BCUT2D eigenvalue weighted by molar-refractivity contribution is -0.121. The first-order chi connectivity index (χ1) is 14.6. The van der Waals surface area contributed by atoms with Crippen molar-refractivity contribution in [2.24, 2.45) is 5.92 Å². The molecule has 1 aliphatic heterocycles. The van der Waals surface area contributed by atoms with E-state index >= 15 is 0 Å². The van der Waals surface area contributed by atoms with Crippen molar-refractivity contribution in [3.63, 3.8) is 0 Å². The topological polar surface area (TPSA) is 99.3 Å². The minimum absolute atomic E-state index is 0.00825. The standard InChI is InChI=1S/C21H34N4O5S/c1-6-24(7-2)21(27)25-13-11-16(12-14-25)20(26)22-17-9-10-18(30-8-3)19(15-17)31(28,29)23(4)5/h9-10,15-16H,6-8,11-14H2,1-5H3,(H,22,26). The normalized spacial score (nSPS) is 15.1. The summed E-state index contributed by atoms with van der Waals surface area (Å²) in [5, 5.41) is 2.83. The van der Waals surface area contributed by atoms with Gasteiger partial charge in [-0.05, 0) is 51.8 Å². The molecule has 2 rings (SSSR count). The first-order valence-corrected chi connectivity index (χ1v) is 12.1. The van der Waals surface area contributed by atoms with Crippen molar-refractivity contribution in [3.05, 3.63) is 18.2 Å². The molecule has 1 aromatic carbocycles. The molecule has 0 bridgehead atoms. The molecule has 0 atom stereocenters. The zero-order valence-electron chi connectivity index (χ0n) is 19.1. The highest BCUT2D eigenvalue weighted by Gasteiger charge is 2.29. The molecule has 0 aliphatic carbocycles. The summed E-state index contributed by atoms with van der Waals surface area (Å²) in [4.78, 5) is 28.8. The monoisotopic (exact) mass is 454 g/mol. The summed E-state index contributed by atoms with van der Waals surface area (Å²) < 4.78 is 31.9. The lowest BCUT2D eigenvalue weighted by atomic mass is 9.96. The molecule has 1 aliphatic rings. The number of urea groups is 1. The van der Waals surface area contributed by atoms with E-state index in [9.17, 15) is 18.0 Å². The van der Waals surface area contributed by atoms with Crippen molar-refractivity contribution in [1.82, 2.24) is 14.1 Å². The maximum atomic E-state index is 12.8. The third kappa shape index (κ3) is 5.88. The summed E-state index contributed by atoms with van der Waals surface area (Å²) in [5.41, 5.74) is 0.399. The van der Waals surface area contributed by atoms with Crippen LogP contribution in [0.5, 0.6) is 5.75 Å². The maximum Gasteiger partial charge on any atom is 0.319 e. The Hall–Kier alpha value is -2.33. The maximum absolute atomic E-state index is 12.8. The number of rotatable bonds is 8. The Morgan fingerprint density at radius 2 is 1.74 bits per heavy atom. The molecule has 1 heterocycles. The van der Waals surface area contributed by atoms with E-state index in [-0.39, 0.29) is 28.5 Å². The van der Waals surface area contributed by atoms with Crippen LogP contribution in [0.4, 0.5) is 10.5 Å². The van der Waals surface area contributed by atoms with Crippen LogP contribution in [0.2, 0.25) is 0 Å². The molecule has 9 nitrogen and oxygen atoms in total. The number of amides is 3. The Balaban J connectivity index is 2.09. The summed E-state index contributed by atoms with van der Waals surface area (Å²) >= 11 is 0. The average molecular weight is 455 g/mol. The molecule has 1 fully saturated rings. The predicted molar refractivity (Wildman–Crippen MR) is 120 cm³/mol. The van der Waals surface area contributed by atoms with Crippen molar-refractivity contribution in [3.8, 4) is 5.75 Å². The summed E-state index contributed by atoms with van der Waals surface area (Å²) in [6.45, 7) is 8.36. The molecular weight excluding hydrogens is 420 g/mol. The molecule has 1 N–H and O–H groups in total. The first-order valence-electron chi connectivity index (χ1n) is 10.7. The predicted octanol–water partition coefficient (Wildman–Crippen LogP) is 2.45. The number of sulfonamides is 1. The van der Waals surface area contributed by atoms with Gasteiger partial charge < -0.3 is 19.9 Å². The SMILES string of the molecule is CCOc1ccc(NC(=O)C2CCN(C(=O)N(CC)CC)CC2)cc1S(=O)(=O)N(C)C. The highest BCUT2D eigenvalue weighted by molar-refractivity contribution is 7.89. The average Bonchev–Trinajstić information content (AvgIpc) is 2.75. The van der Waals surface area contributed by atoms with Gasteiger partial charge in [-0.25, -0.2) is 17.5 Å². The number of benzene rings is 1. The van der Waals surface area contributed by atoms with Gasteiger partial charge in [-0.15, -0.1) is 0 Å². The van der Waals surface area contributed by atoms with Gasteiger partial charge in [0.1, 0.15) is 10.6 Å². The van der Waals surface area contributed by atoms with E-state index in [0.29, 0.717) is 51.3 Å². The number of hydrogen-bond donors (Lipinski definition) is 1. The van der Waals surface area contributed by atoms with Crippen LogP contribution in [-0.2, 0) is 14.8 Å². The smallest absolute Gasteiger partial charge is 0.319 e. The van der Waals surface area contributed by atoms with E-state index < -0.39 is 10.0 Å². The second-order valence-electron chi connectivity index (χ2n) is 7.59. The Morgan fingerprint density at radius 3 is 2.26 bits per heavy atom. The van der Waals surface area contributed by atoms with Crippen molar-refractivity contribution >= 4 is 27.6 Å². The summed E-state index contributed by atoms with van der Waals surface area (Å²) in [7, 11) is -0.839. The molecule has 31 heavy (non-hydrogen) atoms. The van der Waals surface area contributed by atoms with Crippen LogP contribution in [0.15, 0.2) is 23.1 Å². The second kappa shape index (κ2) is 10.8. The van der Waals surface area contributed by atoms with Crippen molar-refractivity contribution in [2.45, 2.75) is 38.5 Å². The fourth-order valence-corrected chi connectivity index (χ4v) is 4.58. The second-order valence-corrected chi connectivity index (χ2v) is 9.71. The number of nitrogens with one attached hydrogen (secondary N) is 1. The van der Waals surface area contributed by atoms with Gasteiger partial charge in [0.2, 0.25) is 15.9 Å². The highest BCUT2D eigenvalue weighted by atomic mass is 32.2. The van der Waals surface area contributed by atoms with E-state index in [0.717, 1.165) is 4.31 Å². The largest absolute Gasteiger partial charge is 0.492 e. The molecule has 10 heteroatoms. The fraction of sp³-hybridized carbons (Fsp3) is 0.619. The molecule has 0 radical (unpaired) electrons. The molecule has 1 saturated heterocycles. The number of anilines is 1. The van der Waals surface area contributed by atoms with Gasteiger partial charge in [-0.1, -0.05) is 0 Å². The third-order valence-electron chi connectivity index (χ3n) is 5.44. The Bertz CT molecular complexity index is 876. The first kappa shape index (κ1) is 24.9. The number of ether oxygens (including phenoxy) is 1. The zero-order chi connectivity index (χ0) is 23.2. The van der Waals surface area contributed by atoms with Gasteiger partial charge in [-0.3, -0.25) is 4.79 Å². The van der Waals surface area contributed by atoms with Crippen molar-refractivity contribution in [1.29, 1.82) is 0 Å². The van der Waals surface area contributed by atoms with Gasteiger partial charge in [0, 0.05) is 51.9 Å². The van der Waals surface area contributed by atoms with Crippen LogP contribution in [0, 0.1) is 5.92 Å². The van der Waals surface area contributed by atoms with E-state index in [1.807, 2.05) is 13.8 Å². The minimum atomic E-state index is -3.73. The molecular formula is C21H34N4O5S. The molecule has 174 valence electrons. The number of carbonyl (C=O) groups is 2. The minimum Gasteiger partial charge on any atom is -0.492 e. The summed E-state index contributed by atoms with van der Waals surface area (Å²) in [6.07, 6.45) is 1.14. The fourth-order valence-electron chi connectivity index (χ4n) is 3.53. The van der Waals surface area contributed by atoms with Crippen LogP contribution in [0.3, 0.4) is 0 Å². The van der Waals surface area contributed by atoms with Gasteiger partial charge in [0.25, 0.3) is 0 Å². The van der Waals surface area contributed by atoms with E-state index in [1.54, 1.807) is 28.9 Å². The molecule has 0 spiro atoms. The molecule has 0 aromatic heterocycles. The van der Waals surface area contributed by atoms with Crippen LogP contribution in [-0.4, -0.2) is 81.3 Å². The molecule has 1 aromatic rings. The van der Waals surface area contributed by atoms with Gasteiger partial charge in [0.05, 0.1) is 6.61 Å². The van der Waals surface area contributed by atoms with Crippen molar-refractivity contribution < 1.29 is 22.7 Å². The number of piperidine rings is 1.